The number of pyridine rings is 1. The van der Waals surface area contributed by atoms with Crippen molar-refractivity contribution in [2.75, 3.05) is 11.9 Å². The van der Waals surface area contributed by atoms with E-state index in [2.05, 4.69) is 15.3 Å². The van der Waals surface area contributed by atoms with Crippen LogP contribution >= 0.6 is 11.3 Å². The molecule has 0 amide bonds. The Morgan fingerprint density at radius 2 is 2.06 bits per heavy atom. The number of anilines is 1. The van der Waals surface area contributed by atoms with E-state index in [1.54, 1.807) is 5.51 Å². The number of alkyl halides is 3. The first-order chi connectivity index (χ1) is 8.55. The maximum atomic E-state index is 12.3. The van der Waals surface area contributed by atoms with Crippen molar-refractivity contribution in [1.82, 2.24) is 9.97 Å². The van der Waals surface area contributed by atoms with Crippen LogP contribution in [0.1, 0.15) is 11.3 Å². The summed E-state index contributed by atoms with van der Waals surface area (Å²) in [6.45, 7) is 0.585. The molecule has 1 N–H and O–H groups in total. The molecular weight excluding hydrogens is 263 g/mol. The average molecular weight is 273 g/mol. The minimum atomic E-state index is -4.34. The molecule has 2 rings (SSSR count). The molecule has 0 aromatic carbocycles. The van der Waals surface area contributed by atoms with Gasteiger partial charge in [0.25, 0.3) is 0 Å². The highest BCUT2D eigenvalue weighted by atomic mass is 32.1. The van der Waals surface area contributed by atoms with Crippen LogP contribution < -0.4 is 5.32 Å². The normalized spacial score (nSPS) is 11.5. The smallest absolute Gasteiger partial charge is 0.370 e. The zero-order valence-electron chi connectivity index (χ0n) is 9.24. The molecule has 0 fully saturated rings. The van der Waals surface area contributed by atoms with Crippen LogP contribution in [0, 0.1) is 0 Å². The Bertz CT molecular complexity index is 479. The molecule has 0 saturated carbocycles. The third-order valence-corrected chi connectivity index (χ3v) is 2.90. The SMILES string of the molecule is FC(F)(F)c1ccc(NCCc2cscn2)nc1. The number of hydrogen-bond acceptors (Lipinski definition) is 4. The lowest BCUT2D eigenvalue weighted by atomic mass is 10.3. The van der Waals surface area contributed by atoms with Gasteiger partial charge >= 0.3 is 6.18 Å². The Kier molecular flexibility index (Phi) is 3.81. The maximum Gasteiger partial charge on any atom is 0.417 e. The highest BCUT2D eigenvalue weighted by Crippen LogP contribution is 2.28. The predicted octanol–water partition coefficient (Wildman–Crippen LogP) is 3.21. The third-order valence-electron chi connectivity index (χ3n) is 2.26. The molecule has 3 nitrogen and oxygen atoms in total. The summed E-state index contributed by atoms with van der Waals surface area (Å²) in [5, 5.41) is 4.88. The third kappa shape index (κ3) is 3.43. The van der Waals surface area contributed by atoms with Crippen LogP contribution in [0.4, 0.5) is 19.0 Å². The summed E-state index contributed by atoms with van der Waals surface area (Å²) in [4.78, 5) is 7.82. The second kappa shape index (κ2) is 5.34. The topological polar surface area (TPSA) is 37.8 Å². The summed E-state index contributed by atoms with van der Waals surface area (Å²) >= 11 is 1.51. The number of halogens is 3. The fourth-order valence-corrected chi connectivity index (χ4v) is 1.94. The van der Waals surface area contributed by atoms with Gasteiger partial charge < -0.3 is 5.32 Å². The molecule has 7 heteroatoms. The Balaban J connectivity index is 1.87. The molecule has 0 bridgehead atoms. The standard InChI is InChI=1S/C11H10F3N3S/c12-11(13,14)8-1-2-10(16-5-8)15-4-3-9-6-18-7-17-9/h1-2,5-7H,3-4H2,(H,15,16). The molecule has 0 unspecified atom stereocenters. The summed E-state index contributed by atoms with van der Waals surface area (Å²) in [5.74, 6) is 0.429. The quantitative estimate of drug-likeness (QED) is 0.929. The van der Waals surface area contributed by atoms with Crippen molar-refractivity contribution in [1.29, 1.82) is 0 Å². The summed E-state index contributed by atoms with van der Waals surface area (Å²) in [5.41, 5.74) is 1.96. The highest BCUT2D eigenvalue weighted by molar-refractivity contribution is 7.07. The van der Waals surface area contributed by atoms with Crippen LogP contribution in [0.5, 0.6) is 0 Å². The molecule has 18 heavy (non-hydrogen) atoms. The summed E-state index contributed by atoms with van der Waals surface area (Å²) in [7, 11) is 0. The van der Waals surface area contributed by atoms with E-state index in [-0.39, 0.29) is 0 Å². The number of rotatable bonds is 4. The zero-order chi connectivity index (χ0) is 13.0. The van der Waals surface area contributed by atoms with Gasteiger partial charge in [0.05, 0.1) is 16.8 Å². The van der Waals surface area contributed by atoms with Crippen molar-refractivity contribution >= 4 is 17.2 Å². The van der Waals surface area contributed by atoms with Gasteiger partial charge in [0.15, 0.2) is 0 Å². The number of nitrogens with one attached hydrogen (secondary N) is 1. The van der Waals surface area contributed by atoms with Gasteiger partial charge in [-0.05, 0) is 12.1 Å². The van der Waals surface area contributed by atoms with E-state index in [1.807, 2.05) is 5.38 Å². The first-order valence-corrected chi connectivity index (χ1v) is 6.14. The van der Waals surface area contributed by atoms with Gasteiger partial charge in [0, 0.05) is 24.5 Å². The molecule has 0 spiro atoms. The maximum absolute atomic E-state index is 12.3. The first kappa shape index (κ1) is 12.8. The average Bonchev–Trinajstić information content (AvgIpc) is 2.82. The van der Waals surface area contributed by atoms with Gasteiger partial charge in [-0.2, -0.15) is 13.2 Å². The van der Waals surface area contributed by atoms with Gasteiger partial charge in [0.1, 0.15) is 5.82 Å². The van der Waals surface area contributed by atoms with E-state index in [1.165, 1.54) is 17.4 Å². The molecule has 0 radical (unpaired) electrons. The molecule has 0 aliphatic rings. The fourth-order valence-electron chi connectivity index (χ4n) is 1.35. The van der Waals surface area contributed by atoms with Crippen molar-refractivity contribution in [3.63, 3.8) is 0 Å². The van der Waals surface area contributed by atoms with Crippen LogP contribution in [0.3, 0.4) is 0 Å². The molecule has 0 aliphatic carbocycles. The van der Waals surface area contributed by atoms with Crippen LogP contribution in [0.25, 0.3) is 0 Å². The number of aromatic nitrogens is 2. The predicted molar refractivity (Wildman–Crippen MR) is 63.5 cm³/mol. The Hall–Kier alpha value is -1.63. The Morgan fingerprint density at radius 3 is 2.61 bits per heavy atom. The van der Waals surface area contributed by atoms with E-state index < -0.39 is 11.7 Å². The van der Waals surface area contributed by atoms with E-state index >= 15 is 0 Å². The van der Waals surface area contributed by atoms with E-state index in [4.69, 9.17) is 0 Å². The fraction of sp³-hybridized carbons (Fsp3) is 0.273. The number of nitrogens with zero attached hydrogens (tertiary/aromatic N) is 2. The van der Waals surface area contributed by atoms with E-state index in [0.29, 0.717) is 18.8 Å². The van der Waals surface area contributed by atoms with Gasteiger partial charge in [-0.1, -0.05) is 0 Å². The largest absolute Gasteiger partial charge is 0.417 e. The minimum Gasteiger partial charge on any atom is -0.370 e. The summed E-state index contributed by atoms with van der Waals surface area (Å²) in [6, 6.07) is 2.34. The zero-order valence-corrected chi connectivity index (χ0v) is 10.1. The molecule has 96 valence electrons. The number of hydrogen-bond donors (Lipinski definition) is 1. The molecule has 0 atom stereocenters. The van der Waals surface area contributed by atoms with Crippen LogP contribution in [0.2, 0.25) is 0 Å². The van der Waals surface area contributed by atoms with Crippen molar-refractivity contribution < 1.29 is 13.2 Å². The molecule has 0 saturated heterocycles. The molecule has 2 aromatic heterocycles. The highest BCUT2D eigenvalue weighted by Gasteiger charge is 2.30. The monoisotopic (exact) mass is 273 g/mol. The van der Waals surface area contributed by atoms with Crippen LogP contribution in [0.15, 0.2) is 29.2 Å². The van der Waals surface area contributed by atoms with E-state index in [9.17, 15) is 13.2 Å². The lowest BCUT2D eigenvalue weighted by Gasteiger charge is -2.08. The van der Waals surface area contributed by atoms with E-state index in [0.717, 1.165) is 18.0 Å². The van der Waals surface area contributed by atoms with Crippen LogP contribution in [-0.2, 0) is 12.6 Å². The first-order valence-electron chi connectivity index (χ1n) is 5.20. The lowest BCUT2D eigenvalue weighted by Crippen LogP contribution is -2.09. The summed E-state index contributed by atoms with van der Waals surface area (Å²) < 4.78 is 36.9. The minimum absolute atomic E-state index is 0.429. The Morgan fingerprint density at radius 1 is 1.22 bits per heavy atom. The van der Waals surface area contributed by atoms with Gasteiger partial charge in [0.2, 0.25) is 0 Å². The molecule has 2 aromatic rings. The Labute approximate surface area is 106 Å². The summed E-state index contributed by atoms with van der Waals surface area (Å²) in [6.07, 6.45) is -2.80. The molecular formula is C11H10F3N3S. The number of thiazole rings is 1. The van der Waals surface area contributed by atoms with Gasteiger partial charge in [-0.15, -0.1) is 11.3 Å². The van der Waals surface area contributed by atoms with Gasteiger partial charge in [-0.25, -0.2) is 9.97 Å². The van der Waals surface area contributed by atoms with Crippen molar-refractivity contribution in [3.8, 4) is 0 Å². The second-order valence-electron chi connectivity index (χ2n) is 3.59. The van der Waals surface area contributed by atoms with Crippen molar-refractivity contribution in [2.45, 2.75) is 12.6 Å². The molecule has 2 heterocycles. The van der Waals surface area contributed by atoms with Crippen LogP contribution in [-0.4, -0.2) is 16.5 Å². The van der Waals surface area contributed by atoms with Crippen molar-refractivity contribution in [2.24, 2.45) is 0 Å². The van der Waals surface area contributed by atoms with Gasteiger partial charge in [-0.3, -0.25) is 0 Å². The molecule has 0 aliphatic heterocycles. The second-order valence-corrected chi connectivity index (χ2v) is 4.31. The lowest BCUT2D eigenvalue weighted by molar-refractivity contribution is -0.137. The van der Waals surface area contributed by atoms with Crippen molar-refractivity contribution in [3.05, 3.63) is 40.5 Å².